The van der Waals surface area contributed by atoms with Gasteiger partial charge in [-0.15, -0.1) is 0 Å². The zero-order valence-corrected chi connectivity index (χ0v) is 13.0. The van der Waals surface area contributed by atoms with E-state index in [-0.39, 0.29) is 17.7 Å². The molecule has 3 atom stereocenters. The van der Waals surface area contributed by atoms with Gasteiger partial charge in [-0.2, -0.15) is 8.42 Å². The Hall–Kier alpha value is -1.93. The molecule has 0 bridgehead atoms. The lowest BCUT2D eigenvalue weighted by molar-refractivity contribution is -0.110. The summed E-state index contributed by atoms with van der Waals surface area (Å²) in [5.41, 5.74) is 1.04. The van der Waals surface area contributed by atoms with E-state index in [1.165, 1.54) is 18.3 Å². The van der Waals surface area contributed by atoms with Crippen molar-refractivity contribution in [1.29, 1.82) is 0 Å². The van der Waals surface area contributed by atoms with Gasteiger partial charge in [-0.1, -0.05) is 6.07 Å². The normalized spacial score (nSPS) is 26.7. The third kappa shape index (κ3) is 3.23. The fourth-order valence-corrected chi connectivity index (χ4v) is 3.83. The molecule has 124 valence electrons. The van der Waals surface area contributed by atoms with Crippen molar-refractivity contribution in [2.24, 2.45) is 5.92 Å². The van der Waals surface area contributed by atoms with Crippen LogP contribution in [0.4, 0.5) is 4.39 Å². The minimum Gasteiger partial charge on any atom is -0.355 e. The first-order valence-electron chi connectivity index (χ1n) is 7.30. The van der Waals surface area contributed by atoms with Crippen molar-refractivity contribution in [3.05, 3.63) is 47.0 Å². The van der Waals surface area contributed by atoms with E-state index in [1.807, 2.05) is 0 Å². The molecular formula is C15H17FN2O4S. The summed E-state index contributed by atoms with van der Waals surface area (Å²) >= 11 is 0. The van der Waals surface area contributed by atoms with Gasteiger partial charge < -0.3 is 15.4 Å². The lowest BCUT2D eigenvalue weighted by Gasteiger charge is -2.30. The molecule has 0 fully saturated rings. The molecule has 1 aromatic carbocycles. The lowest BCUT2D eigenvalue weighted by atomic mass is 9.74. The summed E-state index contributed by atoms with van der Waals surface area (Å²) in [7, 11) is -4.23. The summed E-state index contributed by atoms with van der Waals surface area (Å²) in [4.78, 5) is 11.5. The van der Waals surface area contributed by atoms with Crippen molar-refractivity contribution >= 4 is 16.4 Å². The van der Waals surface area contributed by atoms with E-state index in [1.54, 1.807) is 6.07 Å². The molecule has 0 spiro atoms. The minimum atomic E-state index is -4.23. The average Bonchev–Trinajstić information content (AvgIpc) is 2.96. The fraction of sp³-hybridized carbons (Fsp3) is 0.400. The van der Waals surface area contributed by atoms with Crippen LogP contribution in [0, 0.1) is 11.7 Å². The van der Waals surface area contributed by atoms with Gasteiger partial charge in [0.05, 0.1) is 0 Å². The van der Waals surface area contributed by atoms with Gasteiger partial charge in [0.25, 0.3) is 0 Å². The van der Waals surface area contributed by atoms with Crippen LogP contribution in [0.3, 0.4) is 0 Å². The van der Waals surface area contributed by atoms with Crippen molar-refractivity contribution in [1.82, 2.24) is 10.6 Å². The third-order valence-electron chi connectivity index (χ3n) is 4.41. The van der Waals surface area contributed by atoms with Gasteiger partial charge in [-0.3, -0.25) is 4.55 Å². The maximum atomic E-state index is 13.3. The molecule has 1 heterocycles. The maximum Gasteiger partial charge on any atom is 0.305 e. The molecule has 2 aliphatic rings. The second-order valence-corrected chi connectivity index (χ2v) is 7.38. The van der Waals surface area contributed by atoms with Crippen LogP contribution in [-0.4, -0.2) is 24.8 Å². The van der Waals surface area contributed by atoms with Crippen LogP contribution in [0.5, 0.6) is 0 Å². The topological polar surface area (TPSA) is 95.5 Å². The number of nitrogens with one attached hydrogen (secondary N) is 2. The molecule has 8 heteroatoms. The Kier molecular flexibility index (Phi) is 4.11. The SMILES string of the molecule is O=CC1c2ccc(F)cc2CCC1CC1=CNC(S(=O)(=O)O)N1. The Morgan fingerprint density at radius 2 is 2.17 bits per heavy atom. The molecule has 1 aliphatic carbocycles. The molecule has 0 amide bonds. The van der Waals surface area contributed by atoms with Crippen LogP contribution in [-0.2, 0) is 21.3 Å². The largest absolute Gasteiger partial charge is 0.355 e. The summed E-state index contributed by atoms with van der Waals surface area (Å²) in [6.45, 7) is 0. The molecular weight excluding hydrogens is 323 g/mol. The Morgan fingerprint density at radius 3 is 2.83 bits per heavy atom. The molecule has 3 N–H and O–H groups in total. The number of carbonyl (C=O) groups excluding carboxylic acids is 1. The number of halogens is 1. The molecule has 23 heavy (non-hydrogen) atoms. The molecule has 3 unspecified atom stereocenters. The van der Waals surface area contributed by atoms with E-state index in [0.29, 0.717) is 25.0 Å². The maximum absolute atomic E-state index is 13.3. The van der Waals surface area contributed by atoms with Crippen LogP contribution in [0.15, 0.2) is 30.1 Å². The quantitative estimate of drug-likeness (QED) is 0.564. The summed E-state index contributed by atoms with van der Waals surface area (Å²) in [6.07, 6.45) is 4.21. The molecule has 0 saturated carbocycles. The number of allylic oxidation sites excluding steroid dienone is 1. The van der Waals surface area contributed by atoms with E-state index < -0.39 is 15.6 Å². The van der Waals surface area contributed by atoms with E-state index >= 15 is 0 Å². The van der Waals surface area contributed by atoms with Crippen LogP contribution >= 0.6 is 0 Å². The number of hydrogen-bond acceptors (Lipinski definition) is 5. The lowest BCUT2D eigenvalue weighted by Crippen LogP contribution is -2.40. The van der Waals surface area contributed by atoms with Gasteiger partial charge >= 0.3 is 10.1 Å². The number of rotatable bonds is 4. The predicted octanol–water partition coefficient (Wildman–Crippen LogP) is 1.27. The first-order chi connectivity index (χ1) is 10.9. The fourth-order valence-electron chi connectivity index (χ4n) is 3.29. The Morgan fingerprint density at radius 1 is 1.39 bits per heavy atom. The van der Waals surface area contributed by atoms with Gasteiger partial charge in [0.1, 0.15) is 12.1 Å². The smallest absolute Gasteiger partial charge is 0.305 e. The number of benzene rings is 1. The van der Waals surface area contributed by atoms with Gasteiger partial charge in [-0.05, 0) is 48.4 Å². The number of fused-ring (bicyclic) bond motifs is 1. The number of hydrogen-bond donors (Lipinski definition) is 3. The van der Waals surface area contributed by atoms with Gasteiger partial charge in [-0.25, -0.2) is 4.39 Å². The van der Waals surface area contributed by atoms with E-state index in [4.69, 9.17) is 4.55 Å². The highest BCUT2D eigenvalue weighted by atomic mass is 32.2. The summed E-state index contributed by atoms with van der Waals surface area (Å²) in [5.74, 6) is -0.676. The highest BCUT2D eigenvalue weighted by Crippen LogP contribution is 2.38. The van der Waals surface area contributed by atoms with Gasteiger partial charge in [0.2, 0.25) is 5.50 Å². The van der Waals surface area contributed by atoms with E-state index in [9.17, 15) is 17.6 Å². The molecule has 6 nitrogen and oxygen atoms in total. The summed E-state index contributed by atoms with van der Waals surface area (Å²) in [5, 5.41) is 5.24. The molecule has 1 aliphatic heterocycles. The molecule has 0 saturated heterocycles. The van der Waals surface area contributed by atoms with Crippen LogP contribution in [0.2, 0.25) is 0 Å². The average molecular weight is 340 g/mol. The van der Waals surface area contributed by atoms with E-state index in [0.717, 1.165) is 17.4 Å². The van der Waals surface area contributed by atoms with Crippen molar-refractivity contribution in [3.63, 3.8) is 0 Å². The second kappa shape index (κ2) is 5.93. The highest BCUT2D eigenvalue weighted by Gasteiger charge is 2.33. The second-order valence-electron chi connectivity index (χ2n) is 5.88. The zero-order chi connectivity index (χ0) is 16.6. The first-order valence-corrected chi connectivity index (χ1v) is 8.80. The third-order valence-corrected chi connectivity index (χ3v) is 5.26. The first kappa shape index (κ1) is 15.9. The number of carbonyl (C=O) groups is 1. The molecule has 3 rings (SSSR count). The molecule has 0 radical (unpaired) electrons. The van der Waals surface area contributed by atoms with Crippen molar-refractivity contribution in [3.8, 4) is 0 Å². The molecule has 1 aromatic rings. The van der Waals surface area contributed by atoms with Crippen molar-refractivity contribution in [2.75, 3.05) is 0 Å². The molecule has 0 aromatic heterocycles. The van der Waals surface area contributed by atoms with Crippen LogP contribution in [0.1, 0.15) is 29.9 Å². The van der Waals surface area contributed by atoms with Gasteiger partial charge in [0.15, 0.2) is 0 Å². The number of aldehydes is 1. The summed E-state index contributed by atoms with van der Waals surface area (Å²) in [6, 6.07) is 4.46. The Bertz CT molecular complexity index is 763. The highest BCUT2D eigenvalue weighted by molar-refractivity contribution is 7.86. The van der Waals surface area contributed by atoms with Crippen LogP contribution < -0.4 is 10.6 Å². The Labute approximate surface area is 133 Å². The van der Waals surface area contributed by atoms with Crippen molar-refractivity contribution < 1.29 is 22.2 Å². The monoisotopic (exact) mass is 340 g/mol. The standard InChI is InChI=1S/C15H17FN2O4S/c16-11-3-4-13-9(5-11)1-2-10(14(13)8-19)6-12-7-17-15(18-12)23(20,21)22/h3-5,7-8,10,14-15,17-18H,1-2,6H2,(H,20,21,22). The minimum absolute atomic E-state index is 0.00819. The van der Waals surface area contributed by atoms with E-state index in [2.05, 4.69) is 10.6 Å². The van der Waals surface area contributed by atoms with Crippen molar-refractivity contribution in [2.45, 2.75) is 30.7 Å². The predicted molar refractivity (Wildman–Crippen MR) is 81.3 cm³/mol. The number of aryl methyl sites for hydroxylation is 1. The van der Waals surface area contributed by atoms with Crippen LogP contribution in [0.25, 0.3) is 0 Å². The zero-order valence-electron chi connectivity index (χ0n) is 12.2. The van der Waals surface area contributed by atoms with Gasteiger partial charge in [0, 0.05) is 17.8 Å². The summed E-state index contributed by atoms with van der Waals surface area (Å²) < 4.78 is 44.5. The Balaban J connectivity index is 1.75.